The van der Waals surface area contributed by atoms with E-state index in [1.165, 1.54) is 38.4 Å². The van der Waals surface area contributed by atoms with E-state index in [1.807, 2.05) is 13.0 Å². The van der Waals surface area contributed by atoms with Crippen LogP contribution in [0.1, 0.15) is 23.7 Å². The zero-order chi connectivity index (χ0) is 24.0. The molecule has 2 aromatic carbocycles. The maximum atomic E-state index is 12.7. The van der Waals surface area contributed by atoms with Gasteiger partial charge in [0.15, 0.2) is 11.5 Å². The molecule has 3 amide bonds. The zero-order valence-electron chi connectivity index (χ0n) is 19.0. The summed E-state index contributed by atoms with van der Waals surface area (Å²) in [6.45, 7) is 2.49. The monoisotopic (exact) mass is 457 g/mol. The minimum absolute atomic E-state index is 0.0202. The van der Waals surface area contributed by atoms with Crippen LogP contribution in [0.25, 0.3) is 0 Å². The van der Waals surface area contributed by atoms with Gasteiger partial charge in [-0.1, -0.05) is 12.1 Å². The molecule has 176 valence electrons. The fraction of sp³-hybridized carbons (Fsp3) is 0.348. The topological polar surface area (TPSA) is 115 Å². The fourth-order valence-corrected chi connectivity index (χ4v) is 3.58. The highest BCUT2D eigenvalue weighted by Crippen LogP contribution is 2.38. The smallest absolute Gasteiger partial charge is 0.269 e. The number of nitrogens with zero attached hydrogens (tertiary/aromatic N) is 1. The van der Waals surface area contributed by atoms with Gasteiger partial charge in [0, 0.05) is 18.5 Å². The Morgan fingerprint density at radius 2 is 1.67 bits per heavy atom. The lowest BCUT2D eigenvalue weighted by molar-refractivity contribution is -0.126. The first kappa shape index (κ1) is 23.7. The van der Waals surface area contributed by atoms with Gasteiger partial charge >= 0.3 is 0 Å². The zero-order valence-corrected chi connectivity index (χ0v) is 19.0. The first-order valence-electron chi connectivity index (χ1n) is 10.4. The summed E-state index contributed by atoms with van der Waals surface area (Å²) in [5, 5.41) is 0. The molecule has 1 saturated heterocycles. The number of carbonyl (C=O) groups excluding carboxylic acids is 3. The van der Waals surface area contributed by atoms with Crippen LogP contribution in [0.3, 0.4) is 0 Å². The highest BCUT2D eigenvalue weighted by molar-refractivity contribution is 6.02. The van der Waals surface area contributed by atoms with Crippen molar-refractivity contribution in [3.05, 3.63) is 42.0 Å². The molecule has 1 aliphatic heterocycles. The molecule has 0 bridgehead atoms. The second kappa shape index (κ2) is 10.6. The second-order valence-corrected chi connectivity index (χ2v) is 7.16. The van der Waals surface area contributed by atoms with Gasteiger partial charge < -0.3 is 23.8 Å². The molecule has 0 aliphatic carbocycles. The summed E-state index contributed by atoms with van der Waals surface area (Å²) in [6.07, 6.45) is 0.0202. The molecule has 1 fully saturated rings. The summed E-state index contributed by atoms with van der Waals surface area (Å²) in [5.41, 5.74) is 5.58. The van der Waals surface area contributed by atoms with Crippen LogP contribution in [-0.4, -0.2) is 52.2 Å². The van der Waals surface area contributed by atoms with Gasteiger partial charge in [0.2, 0.25) is 17.6 Å². The van der Waals surface area contributed by atoms with Gasteiger partial charge in [0.05, 0.1) is 39.5 Å². The van der Waals surface area contributed by atoms with Gasteiger partial charge in [-0.25, -0.2) is 0 Å². The molecule has 0 saturated carbocycles. The van der Waals surface area contributed by atoms with Crippen LogP contribution in [-0.2, 0) is 9.59 Å². The molecular weight excluding hydrogens is 430 g/mol. The predicted octanol–water partition coefficient (Wildman–Crippen LogP) is 1.93. The van der Waals surface area contributed by atoms with E-state index in [-0.39, 0.29) is 24.4 Å². The third kappa shape index (κ3) is 5.11. The molecule has 2 N–H and O–H groups in total. The summed E-state index contributed by atoms with van der Waals surface area (Å²) in [4.78, 5) is 39.3. The quantitative estimate of drug-likeness (QED) is 0.582. The van der Waals surface area contributed by atoms with Crippen molar-refractivity contribution in [1.29, 1.82) is 0 Å². The molecule has 0 aromatic heterocycles. The van der Waals surface area contributed by atoms with Crippen molar-refractivity contribution < 1.29 is 33.3 Å². The molecule has 3 rings (SSSR count). The Morgan fingerprint density at radius 3 is 2.27 bits per heavy atom. The van der Waals surface area contributed by atoms with Crippen LogP contribution >= 0.6 is 0 Å². The van der Waals surface area contributed by atoms with E-state index >= 15 is 0 Å². The maximum Gasteiger partial charge on any atom is 0.269 e. The molecule has 10 heteroatoms. The van der Waals surface area contributed by atoms with E-state index in [2.05, 4.69) is 10.9 Å². The molecular formula is C23H27N3O7. The van der Waals surface area contributed by atoms with E-state index in [4.69, 9.17) is 18.9 Å². The molecule has 1 atom stereocenters. The van der Waals surface area contributed by atoms with Crippen LogP contribution in [0.2, 0.25) is 0 Å². The van der Waals surface area contributed by atoms with E-state index < -0.39 is 17.7 Å². The van der Waals surface area contributed by atoms with Crippen LogP contribution in [0, 0.1) is 5.92 Å². The average molecular weight is 457 g/mol. The Bertz CT molecular complexity index is 1020. The molecule has 1 aliphatic rings. The van der Waals surface area contributed by atoms with Crippen molar-refractivity contribution in [2.75, 3.05) is 39.4 Å². The maximum absolute atomic E-state index is 12.7. The number of hydrogen-bond acceptors (Lipinski definition) is 7. The Morgan fingerprint density at radius 1 is 1.00 bits per heavy atom. The third-order valence-electron chi connectivity index (χ3n) is 5.18. The van der Waals surface area contributed by atoms with Crippen LogP contribution in [0.4, 0.5) is 5.69 Å². The van der Waals surface area contributed by atoms with Gasteiger partial charge in [0.25, 0.3) is 5.91 Å². The number of hydrazine groups is 1. The van der Waals surface area contributed by atoms with Crippen molar-refractivity contribution in [1.82, 2.24) is 10.9 Å². The third-order valence-corrected chi connectivity index (χ3v) is 5.18. The number of carbonyl (C=O) groups is 3. The number of para-hydroxylation sites is 2. The number of ether oxygens (including phenoxy) is 4. The summed E-state index contributed by atoms with van der Waals surface area (Å²) in [5.74, 6) is -0.351. The van der Waals surface area contributed by atoms with Crippen molar-refractivity contribution >= 4 is 23.4 Å². The van der Waals surface area contributed by atoms with Crippen molar-refractivity contribution in [3.8, 4) is 23.0 Å². The molecule has 1 heterocycles. The van der Waals surface area contributed by atoms with Crippen LogP contribution < -0.4 is 34.7 Å². The van der Waals surface area contributed by atoms with Crippen molar-refractivity contribution in [2.24, 2.45) is 5.92 Å². The SMILES string of the molecule is CCOc1ccccc1N1C[C@@H](C(=O)NNC(=O)c2cc(OC)c(OC)c(OC)c2)CC1=O. The molecule has 2 aromatic rings. The van der Waals surface area contributed by atoms with E-state index in [0.29, 0.717) is 35.3 Å². The predicted molar refractivity (Wildman–Crippen MR) is 120 cm³/mol. The standard InChI is InChI=1S/C23H27N3O7/c1-5-33-17-9-7-6-8-16(17)26-13-15(12-20(26)27)23(29)25-24-22(28)14-10-18(30-2)21(32-4)19(11-14)31-3/h6-11,15H,5,12-13H2,1-4H3,(H,24,28)(H,25,29)/t15-/m0/s1. The fourth-order valence-electron chi connectivity index (χ4n) is 3.58. The van der Waals surface area contributed by atoms with E-state index in [1.54, 1.807) is 18.2 Å². The largest absolute Gasteiger partial charge is 0.493 e. The number of hydrogen-bond donors (Lipinski definition) is 2. The van der Waals surface area contributed by atoms with Gasteiger partial charge in [0.1, 0.15) is 5.75 Å². The van der Waals surface area contributed by atoms with Crippen LogP contribution in [0.15, 0.2) is 36.4 Å². The van der Waals surface area contributed by atoms with E-state index in [0.717, 1.165) is 0 Å². The average Bonchev–Trinajstić information content (AvgIpc) is 3.23. The number of anilines is 1. The lowest BCUT2D eigenvalue weighted by Crippen LogP contribution is -2.45. The summed E-state index contributed by atoms with van der Waals surface area (Å²) in [6, 6.07) is 10.1. The number of benzene rings is 2. The molecule has 10 nitrogen and oxygen atoms in total. The Balaban J connectivity index is 1.66. The Labute approximate surface area is 191 Å². The van der Waals surface area contributed by atoms with Crippen molar-refractivity contribution in [2.45, 2.75) is 13.3 Å². The van der Waals surface area contributed by atoms with Gasteiger partial charge in [-0.15, -0.1) is 0 Å². The Kier molecular flexibility index (Phi) is 7.60. The van der Waals surface area contributed by atoms with Gasteiger partial charge in [-0.3, -0.25) is 25.2 Å². The molecule has 0 unspecified atom stereocenters. The number of amides is 3. The minimum atomic E-state index is -0.632. The normalized spacial score (nSPS) is 15.1. The first-order chi connectivity index (χ1) is 15.9. The summed E-state index contributed by atoms with van der Waals surface area (Å²) >= 11 is 0. The number of nitrogens with one attached hydrogen (secondary N) is 2. The summed E-state index contributed by atoms with van der Waals surface area (Å²) < 4.78 is 21.3. The summed E-state index contributed by atoms with van der Waals surface area (Å²) in [7, 11) is 4.33. The van der Waals surface area contributed by atoms with Gasteiger partial charge in [-0.2, -0.15) is 0 Å². The van der Waals surface area contributed by atoms with Crippen LogP contribution in [0.5, 0.6) is 23.0 Å². The van der Waals surface area contributed by atoms with Crippen molar-refractivity contribution in [3.63, 3.8) is 0 Å². The van der Waals surface area contributed by atoms with Gasteiger partial charge in [-0.05, 0) is 31.2 Å². The molecule has 0 spiro atoms. The highest BCUT2D eigenvalue weighted by Gasteiger charge is 2.36. The molecule has 0 radical (unpaired) electrons. The minimum Gasteiger partial charge on any atom is -0.493 e. The molecule has 33 heavy (non-hydrogen) atoms. The number of rotatable bonds is 8. The second-order valence-electron chi connectivity index (χ2n) is 7.16. The lowest BCUT2D eigenvalue weighted by atomic mass is 10.1. The lowest BCUT2D eigenvalue weighted by Gasteiger charge is -2.20. The highest BCUT2D eigenvalue weighted by atomic mass is 16.5. The first-order valence-corrected chi connectivity index (χ1v) is 10.4. The number of methoxy groups -OCH3 is 3. The Hall–Kier alpha value is -3.95. The van der Waals surface area contributed by atoms with E-state index in [9.17, 15) is 14.4 Å².